The van der Waals surface area contributed by atoms with E-state index >= 15 is 0 Å². The summed E-state index contributed by atoms with van der Waals surface area (Å²) in [6.07, 6.45) is 3.17. The Labute approximate surface area is 148 Å². The Morgan fingerprint density at radius 2 is 2.00 bits per heavy atom. The minimum absolute atomic E-state index is 0.366. The molecular weight excluding hydrogens is 356 g/mol. The first kappa shape index (κ1) is 18.7. The molecule has 0 bridgehead atoms. The Morgan fingerprint density at radius 3 is 2.65 bits per heavy atom. The Balaban J connectivity index is 1.58. The minimum atomic E-state index is 0.366. The fourth-order valence-corrected chi connectivity index (χ4v) is 3.69. The van der Waals surface area contributed by atoms with E-state index in [1.54, 1.807) is 7.11 Å². The zero-order chi connectivity index (χ0) is 16.7. The SMILES string of the molecule is COc1ccc(CNCCCCN2CC(C)OC(C)C2)cc1Br. The van der Waals surface area contributed by atoms with Gasteiger partial charge in [0.15, 0.2) is 0 Å². The molecule has 2 unspecified atom stereocenters. The van der Waals surface area contributed by atoms with Crippen molar-refractivity contribution in [3.05, 3.63) is 28.2 Å². The van der Waals surface area contributed by atoms with E-state index in [9.17, 15) is 0 Å². The Kier molecular flexibility index (Phi) is 7.83. The summed E-state index contributed by atoms with van der Waals surface area (Å²) in [6.45, 7) is 9.59. The van der Waals surface area contributed by atoms with Crippen LogP contribution in [-0.4, -0.2) is 50.4 Å². The van der Waals surface area contributed by atoms with Crippen LogP contribution in [0.15, 0.2) is 22.7 Å². The van der Waals surface area contributed by atoms with Crippen molar-refractivity contribution in [1.29, 1.82) is 0 Å². The lowest BCUT2D eigenvalue weighted by Gasteiger charge is -2.35. The average molecular weight is 385 g/mol. The normalized spacial score (nSPS) is 22.3. The van der Waals surface area contributed by atoms with Gasteiger partial charge in [0.05, 0.1) is 23.8 Å². The Bertz CT molecular complexity index is 474. The standard InChI is InChI=1S/C18H29BrN2O2/c1-14-12-21(13-15(2)23-14)9-5-4-8-20-11-16-6-7-18(22-3)17(19)10-16/h6-7,10,14-15,20H,4-5,8-9,11-13H2,1-3H3. The molecule has 0 aliphatic carbocycles. The maximum absolute atomic E-state index is 5.77. The zero-order valence-electron chi connectivity index (χ0n) is 14.5. The molecule has 0 radical (unpaired) electrons. The van der Waals surface area contributed by atoms with E-state index in [0.29, 0.717) is 12.2 Å². The van der Waals surface area contributed by atoms with Crippen LogP contribution in [-0.2, 0) is 11.3 Å². The smallest absolute Gasteiger partial charge is 0.133 e. The van der Waals surface area contributed by atoms with Gasteiger partial charge in [-0.15, -0.1) is 0 Å². The number of unbranched alkanes of at least 4 members (excludes halogenated alkanes) is 1. The molecule has 0 spiro atoms. The van der Waals surface area contributed by atoms with Gasteiger partial charge in [-0.2, -0.15) is 0 Å². The Hall–Kier alpha value is -0.620. The summed E-state index contributed by atoms with van der Waals surface area (Å²) in [7, 11) is 1.69. The molecule has 0 amide bonds. The van der Waals surface area contributed by atoms with Crippen molar-refractivity contribution in [3.63, 3.8) is 0 Å². The third-order valence-corrected chi connectivity index (χ3v) is 4.74. The van der Waals surface area contributed by atoms with Crippen LogP contribution in [0.4, 0.5) is 0 Å². The van der Waals surface area contributed by atoms with Gasteiger partial charge in [0, 0.05) is 19.6 Å². The maximum Gasteiger partial charge on any atom is 0.133 e. The first-order valence-corrected chi connectivity index (χ1v) is 9.28. The number of nitrogens with zero attached hydrogens (tertiary/aromatic N) is 1. The van der Waals surface area contributed by atoms with Crippen LogP contribution in [0.3, 0.4) is 0 Å². The molecule has 0 saturated carbocycles. The predicted octanol–water partition coefficient (Wildman–Crippen LogP) is 3.44. The van der Waals surface area contributed by atoms with Crippen LogP contribution < -0.4 is 10.1 Å². The second-order valence-corrected chi connectivity index (χ2v) is 7.22. The van der Waals surface area contributed by atoms with E-state index in [1.807, 2.05) is 6.07 Å². The van der Waals surface area contributed by atoms with Crippen LogP contribution in [0.1, 0.15) is 32.3 Å². The first-order chi connectivity index (χ1) is 11.1. The van der Waals surface area contributed by atoms with E-state index in [1.165, 1.54) is 24.9 Å². The van der Waals surface area contributed by atoms with Crippen LogP contribution in [0.25, 0.3) is 0 Å². The summed E-state index contributed by atoms with van der Waals surface area (Å²) in [6, 6.07) is 6.22. The van der Waals surface area contributed by atoms with E-state index < -0.39 is 0 Å². The fraction of sp³-hybridized carbons (Fsp3) is 0.667. The Morgan fingerprint density at radius 1 is 1.26 bits per heavy atom. The predicted molar refractivity (Wildman–Crippen MR) is 98.1 cm³/mol. The molecule has 1 aromatic rings. The summed E-state index contributed by atoms with van der Waals surface area (Å²) in [5.41, 5.74) is 1.27. The third kappa shape index (κ3) is 6.42. The lowest BCUT2D eigenvalue weighted by atomic mass is 10.2. The van der Waals surface area contributed by atoms with E-state index in [0.717, 1.165) is 36.4 Å². The summed E-state index contributed by atoms with van der Waals surface area (Å²) >= 11 is 3.53. The molecule has 4 nitrogen and oxygen atoms in total. The molecule has 130 valence electrons. The number of nitrogens with one attached hydrogen (secondary N) is 1. The third-order valence-electron chi connectivity index (χ3n) is 4.12. The maximum atomic E-state index is 5.77. The van der Waals surface area contributed by atoms with Gasteiger partial charge in [0.1, 0.15) is 5.75 Å². The molecule has 5 heteroatoms. The van der Waals surface area contributed by atoms with Crippen molar-refractivity contribution in [2.45, 2.75) is 45.4 Å². The zero-order valence-corrected chi connectivity index (χ0v) is 16.1. The van der Waals surface area contributed by atoms with E-state index in [-0.39, 0.29) is 0 Å². The monoisotopic (exact) mass is 384 g/mol. The van der Waals surface area contributed by atoms with Gasteiger partial charge in [0.2, 0.25) is 0 Å². The van der Waals surface area contributed by atoms with Crippen molar-refractivity contribution in [1.82, 2.24) is 10.2 Å². The highest BCUT2D eigenvalue weighted by molar-refractivity contribution is 9.10. The van der Waals surface area contributed by atoms with Crippen molar-refractivity contribution in [2.24, 2.45) is 0 Å². The number of hydrogen-bond acceptors (Lipinski definition) is 4. The lowest BCUT2D eigenvalue weighted by molar-refractivity contribution is -0.0681. The highest BCUT2D eigenvalue weighted by Gasteiger charge is 2.21. The van der Waals surface area contributed by atoms with Gasteiger partial charge in [-0.1, -0.05) is 6.07 Å². The molecule has 1 aliphatic heterocycles. The molecule has 1 aliphatic rings. The van der Waals surface area contributed by atoms with Gasteiger partial charge in [-0.05, 0) is 73.4 Å². The topological polar surface area (TPSA) is 33.7 Å². The molecule has 1 heterocycles. The summed E-state index contributed by atoms with van der Waals surface area (Å²) in [4.78, 5) is 2.53. The van der Waals surface area contributed by atoms with Gasteiger partial charge < -0.3 is 14.8 Å². The number of rotatable bonds is 8. The summed E-state index contributed by atoms with van der Waals surface area (Å²) < 4.78 is 12.0. The lowest BCUT2D eigenvalue weighted by Crippen LogP contribution is -2.45. The van der Waals surface area contributed by atoms with Gasteiger partial charge >= 0.3 is 0 Å². The van der Waals surface area contributed by atoms with Crippen LogP contribution >= 0.6 is 15.9 Å². The van der Waals surface area contributed by atoms with Crippen LogP contribution in [0, 0.1) is 0 Å². The first-order valence-electron chi connectivity index (χ1n) is 8.49. The number of methoxy groups -OCH3 is 1. The molecule has 1 aromatic carbocycles. The summed E-state index contributed by atoms with van der Waals surface area (Å²) in [5, 5.41) is 3.52. The number of halogens is 1. The summed E-state index contributed by atoms with van der Waals surface area (Å²) in [5.74, 6) is 0.878. The number of hydrogen-bond donors (Lipinski definition) is 1. The molecule has 1 N–H and O–H groups in total. The largest absolute Gasteiger partial charge is 0.496 e. The average Bonchev–Trinajstić information content (AvgIpc) is 2.50. The quantitative estimate of drug-likeness (QED) is 0.696. The molecular formula is C18H29BrN2O2. The van der Waals surface area contributed by atoms with E-state index in [2.05, 4.69) is 52.1 Å². The van der Waals surface area contributed by atoms with Crippen molar-refractivity contribution in [3.8, 4) is 5.75 Å². The number of benzene rings is 1. The second-order valence-electron chi connectivity index (χ2n) is 6.37. The highest BCUT2D eigenvalue weighted by Crippen LogP contribution is 2.25. The van der Waals surface area contributed by atoms with Crippen molar-refractivity contribution in [2.75, 3.05) is 33.3 Å². The van der Waals surface area contributed by atoms with E-state index in [4.69, 9.17) is 9.47 Å². The minimum Gasteiger partial charge on any atom is -0.496 e. The van der Waals surface area contributed by atoms with Gasteiger partial charge in [-0.3, -0.25) is 4.90 Å². The number of ether oxygens (including phenoxy) is 2. The van der Waals surface area contributed by atoms with Crippen LogP contribution in [0.2, 0.25) is 0 Å². The van der Waals surface area contributed by atoms with Crippen molar-refractivity contribution < 1.29 is 9.47 Å². The highest BCUT2D eigenvalue weighted by atomic mass is 79.9. The second kappa shape index (κ2) is 9.62. The fourth-order valence-electron chi connectivity index (χ4n) is 3.10. The number of morpholine rings is 1. The molecule has 2 atom stereocenters. The molecule has 2 rings (SSSR count). The van der Waals surface area contributed by atoms with Crippen LogP contribution in [0.5, 0.6) is 5.75 Å². The molecule has 1 fully saturated rings. The molecule has 1 saturated heterocycles. The van der Waals surface area contributed by atoms with Crippen molar-refractivity contribution >= 4 is 15.9 Å². The van der Waals surface area contributed by atoms with Gasteiger partial charge in [-0.25, -0.2) is 0 Å². The molecule has 23 heavy (non-hydrogen) atoms. The molecule has 0 aromatic heterocycles. The van der Waals surface area contributed by atoms with Gasteiger partial charge in [0.25, 0.3) is 0 Å².